The molecule has 0 bridgehead atoms. The molecule has 11 nitrogen and oxygen atoms in total. The number of imide groups is 1. The molecule has 1 saturated heterocycles. The number of urea groups is 1. The van der Waals surface area contributed by atoms with Crippen LogP contribution in [-0.2, 0) is 19.1 Å². The molecule has 2 fully saturated rings. The van der Waals surface area contributed by atoms with Gasteiger partial charge in [-0.2, -0.15) is 10.4 Å². The molecule has 1 aromatic heterocycles. The van der Waals surface area contributed by atoms with Crippen LogP contribution in [0.15, 0.2) is 36.5 Å². The first-order valence-corrected chi connectivity index (χ1v) is 11.1. The summed E-state index contributed by atoms with van der Waals surface area (Å²) in [6, 6.07) is 10.4. The Morgan fingerprint density at radius 3 is 2.62 bits per heavy atom. The largest absolute Gasteiger partial charge is 0.456 e. The van der Waals surface area contributed by atoms with E-state index in [2.05, 4.69) is 15.7 Å². The van der Waals surface area contributed by atoms with Crippen molar-refractivity contribution >= 4 is 29.6 Å². The Morgan fingerprint density at radius 1 is 1.18 bits per heavy atom. The molecule has 1 saturated carbocycles. The third-order valence-electron chi connectivity index (χ3n) is 6.01. The average molecular weight is 464 g/mol. The number of hydrogen-bond donors (Lipinski definition) is 2. The maximum absolute atomic E-state index is 12.8. The minimum Gasteiger partial charge on any atom is -0.456 e. The van der Waals surface area contributed by atoms with E-state index in [0.717, 1.165) is 24.2 Å². The van der Waals surface area contributed by atoms with Gasteiger partial charge in [0.15, 0.2) is 12.4 Å². The van der Waals surface area contributed by atoms with Crippen LogP contribution in [0.3, 0.4) is 0 Å². The highest BCUT2D eigenvalue weighted by atomic mass is 16.5. The molecule has 0 radical (unpaired) electrons. The van der Waals surface area contributed by atoms with Crippen molar-refractivity contribution in [2.45, 2.75) is 44.1 Å². The Hall–Kier alpha value is -4.20. The summed E-state index contributed by atoms with van der Waals surface area (Å²) < 4.78 is 6.41. The molecule has 2 aromatic rings. The van der Waals surface area contributed by atoms with E-state index in [1.54, 1.807) is 24.3 Å². The number of nitrogens with zero attached hydrogens (tertiary/aromatic N) is 4. The second-order valence-electron chi connectivity index (χ2n) is 8.25. The van der Waals surface area contributed by atoms with Crippen LogP contribution >= 0.6 is 0 Å². The van der Waals surface area contributed by atoms with Crippen molar-refractivity contribution in [2.75, 3.05) is 18.5 Å². The number of rotatable bonds is 7. The number of carbonyl (C=O) groups excluding carboxylic acids is 4. The number of aromatic nitrogens is 2. The lowest BCUT2D eigenvalue weighted by Gasteiger charge is -2.30. The monoisotopic (exact) mass is 464 g/mol. The fourth-order valence-corrected chi connectivity index (χ4v) is 4.28. The molecule has 1 aromatic carbocycles. The summed E-state index contributed by atoms with van der Waals surface area (Å²) in [7, 11) is 0. The first-order valence-electron chi connectivity index (χ1n) is 11.1. The number of nitrogens with one attached hydrogen (secondary N) is 2. The summed E-state index contributed by atoms with van der Waals surface area (Å²) in [6.45, 7) is -0.708. The van der Waals surface area contributed by atoms with Crippen molar-refractivity contribution in [1.29, 1.82) is 5.26 Å². The van der Waals surface area contributed by atoms with E-state index in [4.69, 9.17) is 4.74 Å². The number of amides is 4. The topological polar surface area (TPSA) is 146 Å². The van der Waals surface area contributed by atoms with Gasteiger partial charge in [0.2, 0.25) is 0 Å². The van der Waals surface area contributed by atoms with Gasteiger partial charge in [0.1, 0.15) is 17.2 Å². The predicted octanol–water partition coefficient (Wildman–Crippen LogP) is 1.87. The van der Waals surface area contributed by atoms with E-state index in [1.165, 1.54) is 10.9 Å². The first kappa shape index (κ1) is 23.0. The highest BCUT2D eigenvalue weighted by Gasteiger charge is 2.51. The minimum atomic E-state index is -0.848. The van der Waals surface area contributed by atoms with Crippen LogP contribution < -0.4 is 10.6 Å². The van der Waals surface area contributed by atoms with E-state index < -0.39 is 30.1 Å². The molecular formula is C23H24N6O5. The van der Waals surface area contributed by atoms with Gasteiger partial charge in [0.25, 0.3) is 11.8 Å². The van der Waals surface area contributed by atoms with Gasteiger partial charge in [-0.25, -0.2) is 9.48 Å². The number of carbonyl (C=O) groups is 4. The maximum Gasteiger partial charge on any atom is 0.325 e. The van der Waals surface area contributed by atoms with Gasteiger partial charge in [-0.15, -0.1) is 0 Å². The zero-order chi connectivity index (χ0) is 24.1. The van der Waals surface area contributed by atoms with Gasteiger partial charge >= 0.3 is 12.0 Å². The molecule has 2 aliphatic rings. The number of esters is 1. The molecule has 1 spiro atoms. The fraction of sp³-hybridized carbons (Fsp3) is 0.391. The number of ether oxygens (including phenoxy) is 1. The predicted molar refractivity (Wildman–Crippen MR) is 119 cm³/mol. The SMILES string of the molecule is N#Cc1cnn(-c2ccccc2)c1NC(=O)COC(=O)CCN1C(=O)NC2(CCCCC2)C1=O. The molecule has 2 N–H and O–H groups in total. The van der Waals surface area contributed by atoms with Gasteiger partial charge in [-0.1, -0.05) is 37.5 Å². The van der Waals surface area contributed by atoms with Crippen molar-refractivity contribution in [3.05, 3.63) is 42.1 Å². The number of hydrogen-bond acceptors (Lipinski definition) is 7. The van der Waals surface area contributed by atoms with Crippen molar-refractivity contribution in [1.82, 2.24) is 20.0 Å². The van der Waals surface area contributed by atoms with Crippen LogP contribution in [0.1, 0.15) is 44.1 Å². The summed E-state index contributed by atoms with van der Waals surface area (Å²) in [6.07, 6.45) is 5.06. The number of benzene rings is 1. The Kier molecular flexibility index (Phi) is 6.58. The molecule has 11 heteroatoms. The third-order valence-corrected chi connectivity index (χ3v) is 6.01. The van der Waals surface area contributed by atoms with Gasteiger partial charge in [-0.3, -0.25) is 19.3 Å². The first-order chi connectivity index (χ1) is 16.4. The Labute approximate surface area is 195 Å². The quantitative estimate of drug-likeness (QED) is 0.470. The van der Waals surface area contributed by atoms with Crippen molar-refractivity contribution in [3.63, 3.8) is 0 Å². The Bertz CT molecular complexity index is 1150. The molecular weight excluding hydrogens is 440 g/mol. The molecule has 4 rings (SSSR count). The molecule has 1 aliphatic carbocycles. The van der Waals surface area contributed by atoms with E-state index in [0.29, 0.717) is 18.5 Å². The van der Waals surface area contributed by atoms with Crippen LogP contribution in [0, 0.1) is 11.3 Å². The smallest absolute Gasteiger partial charge is 0.325 e. The third kappa shape index (κ3) is 4.61. The summed E-state index contributed by atoms with van der Waals surface area (Å²) in [4.78, 5) is 50.6. The van der Waals surface area contributed by atoms with Gasteiger partial charge in [-0.05, 0) is 25.0 Å². The van der Waals surface area contributed by atoms with Crippen LogP contribution in [0.2, 0.25) is 0 Å². The van der Waals surface area contributed by atoms with Gasteiger partial charge in [0, 0.05) is 6.54 Å². The lowest BCUT2D eigenvalue weighted by atomic mass is 9.82. The molecule has 34 heavy (non-hydrogen) atoms. The maximum atomic E-state index is 12.8. The summed E-state index contributed by atoms with van der Waals surface area (Å²) in [5, 5.41) is 18.8. The van der Waals surface area contributed by atoms with Crippen LogP contribution in [0.4, 0.5) is 10.6 Å². The van der Waals surface area contributed by atoms with E-state index >= 15 is 0 Å². The van der Waals surface area contributed by atoms with Crippen LogP contribution in [0.25, 0.3) is 5.69 Å². The van der Waals surface area contributed by atoms with Crippen LogP contribution in [0.5, 0.6) is 0 Å². The number of para-hydroxylation sites is 1. The fourth-order valence-electron chi connectivity index (χ4n) is 4.28. The highest BCUT2D eigenvalue weighted by Crippen LogP contribution is 2.33. The lowest BCUT2D eigenvalue weighted by molar-refractivity contribution is -0.147. The molecule has 4 amide bonds. The zero-order valence-corrected chi connectivity index (χ0v) is 18.5. The van der Waals surface area contributed by atoms with Crippen molar-refractivity contribution < 1.29 is 23.9 Å². The molecule has 1 aliphatic heterocycles. The highest BCUT2D eigenvalue weighted by molar-refractivity contribution is 6.07. The summed E-state index contributed by atoms with van der Waals surface area (Å²) in [5.74, 6) is -1.52. The molecule has 176 valence electrons. The molecule has 0 atom stereocenters. The molecule has 2 heterocycles. The Morgan fingerprint density at radius 2 is 1.91 bits per heavy atom. The number of nitriles is 1. The van der Waals surface area contributed by atoms with Crippen molar-refractivity contribution in [2.24, 2.45) is 0 Å². The summed E-state index contributed by atoms with van der Waals surface area (Å²) in [5.41, 5.74) is -0.0569. The van der Waals surface area contributed by atoms with E-state index in [1.807, 2.05) is 12.1 Å². The second-order valence-corrected chi connectivity index (χ2v) is 8.25. The van der Waals surface area contributed by atoms with E-state index in [-0.39, 0.29) is 30.3 Å². The normalized spacial score (nSPS) is 16.7. The second kappa shape index (κ2) is 9.74. The van der Waals surface area contributed by atoms with E-state index in [9.17, 15) is 24.4 Å². The Balaban J connectivity index is 1.29. The number of anilines is 1. The minimum absolute atomic E-state index is 0.119. The van der Waals surface area contributed by atoms with Gasteiger partial charge in [0.05, 0.1) is 18.3 Å². The van der Waals surface area contributed by atoms with Crippen LogP contribution in [-0.4, -0.2) is 57.2 Å². The molecule has 0 unspecified atom stereocenters. The average Bonchev–Trinajstić information content (AvgIpc) is 3.35. The standard InChI is InChI=1S/C23H24N6O5/c24-13-16-14-25-29(17-7-3-1-4-8-17)20(16)26-18(30)15-34-19(31)9-12-28-21(32)23(27-22(28)33)10-5-2-6-11-23/h1,3-4,7-8,14H,2,5-6,9-12,15H2,(H,26,30)(H,27,33). The summed E-state index contributed by atoms with van der Waals surface area (Å²) >= 11 is 0. The van der Waals surface area contributed by atoms with Crippen molar-refractivity contribution in [3.8, 4) is 11.8 Å². The zero-order valence-electron chi connectivity index (χ0n) is 18.5. The lowest BCUT2D eigenvalue weighted by Crippen LogP contribution is -2.48. The van der Waals surface area contributed by atoms with Gasteiger partial charge < -0.3 is 15.4 Å².